The highest BCUT2D eigenvalue weighted by Gasteiger charge is 2.26. The van der Waals surface area contributed by atoms with Gasteiger partial charge in [0, 0.05) is 36.3 Å². The molecule has 0 aliphatic carbocycles. The second-order valence-corrected chi connectivity index (χ2v) is 6.68. The number of hydrogen-bond acceptors (Lipinski definition) is 3. The van der Waals surface area contributed by atoms with E-state index in [1.165, 1.54) is 6.07 Å². The SMILES string of the molecule is CN(C)c1nc(C(C)(C)C)cc(-c2ccccc2F)c1C(=O)O. The van der Waals surface area contributed by atoms with Crippen molar-refractivity contribution in [2.75, 3.05) is 19.0 Å². The molecular formula is C18H21FN2O2. The fourth-order valence-corrected chi connectivity index (χ4v) is 2.34. The number of rotatable bonds is 3. The van der Waals surface area contributed by atoms with Crippen molar-refractivity contribution in [2.24, 2.45) is 0 Å². The lowest BCUT2D eigenvalue weighted by Crippen LogP contribution is -2.22. The third kappa shape index (κ3) is 3.33. The lowest BCUT2D eigenvalue weighted by atomic mass is 9.88. The van der Waals surface area contributed by atoms with Crippen LogP contribution in [0.4, 0.5) is 10.2 Å². The van der Waals surface area contributed by atoms with Crippen molar-refractivity contribution < 1.29 is 14.3 Å². The fourth-order valence-electron chi connectivity index (χ4n) is 2.34. The second kappa shape index (κ2) is 5.99. The molecule has 0 atom stereocenters. The van der Waals surface area contributed by atoms with E-state index < -0.39 is 11.8 Å². The van der Waals surface area contributed by atoms with Crippen molar-refractivity contribution in [1.29, 1.82) is 0 Å². The van der Waals surface area contributed by atoms with E-state index in [0.29, 0.717) is 17.1 Å². The van der Waals surface area contributed by atoms with Crippen molar-refractivity contribution >= 4 is 11.8 Å². The predicted molar refractivity (Wildman–Crippen MR) is 89.6 cm³/mol. The number of benzene rings is 1. The van der Waals surface area contributed by atoms with Crippen LogP contribution in [0.2, 0.25) is 0 Å². The zero-order chi connectivity index (χ0) is 17.4. The molecule has 0 spiro atoms. The van der Waals surface area contributed by atoms with Gasteiger partial charge in [-0.1, -0.05) is 39.0 Å². The zero-order valence-electron chi connectivity index (χ0n) is 14.0. The van der Waals surface area contributed by atoms with Gasteiger partial charge in [0.05, 0.1) is 0 Å². The highest BCUT2D eigenvalue weighted by atomic mass is 19.1. The van der Waals surface area contributed by atoms with E-state index in [0.717, 1.165) is 0 Å². The highest BCUT2D eigenvalue weighted by Crippen LogP contribution is 2.35. The van der Waals surface area contributed by atoms with E-state index in [9.17, 15) is 14.3 Å². The van der Waals surface area contributed by atoms with Gasteiger partial charge in [-0.3, -0.25) is 0 Å². The largest absolute Gasteiger partial charge is 0.478 e. The van der Waals surface area contributed by atoms with Crippen molar-refractivity contribution in [3.8, 4) is 11.1 Å². The summed E-state index contributed by atoms with van der Waals surface area (Å²) in [5.41, 5.74) is 1.04. The molecular weight excluding hydrogens is 295 g/mol. The Morgan fingerprint density at radius 2 is 1.78 bits per heavy atom. The molecule has 122 valence electrons. The van der Waals surface area contributed by atoms with Crippen LogP contribution in [0.3, 0.4) is 0 Å². The van der Waals surface area contributed by atoms with Gasteiger partial charge in [0.25, 0.3) is 0 Å². The van der Waals surface area contributed by atoms with Crippen LogP contribution in [-0.4, -0.2) is 30.2 Å². The van der Waals surface area contributed by atoms with Gasteiger partial charge in [0.15, 0.2) is 0 Å². The molecule has 4 nitrogen and oxygen atoms in total. The molecule has 0 unspecified atom stereocenters. The molecule has 1 aromatic heterocycles. The van der Waals surface area contributed by atoms with Crippen LogP contribution in [0.25, 0.3) is 11.1 Å². The number of nitrogens with zero attached hydrogens (tertiary/aromatic N) is 2. The summed E-state index contributed by atoms with van der Waals surface area (Å²) in [6, 6.07) is 7.86. The summed E-state index contributed by atoms with van der Waals surface area (Å²) in [6.07, 6.45) is 0. The van der Waals surface area contributed by atoms with Gasteiger partial charge in [0.2, 0.25) is 0 Å². The smallest absolute Gasteiger partial charge is 0.340 e. The molecule has 0 saturated carbocycles. The monoisotopic (exact) mass is 316 g/mol. The molecule has 5 heteroatoms. The minimum Gasteiger partial charge on any atom is -0.478 e. The molecule has 2 rings (SSSR count). The van der Waals surface area contributed by atoms with Gasteiger partial charge in [0.1, 0.15) is 17.2 Å². The number of aromatic nitrogens is 1. The fraction of sp³-hybridized carbons (Fsp3) is 0.333. The van der Waals surface area contributed by atoms with Gasteiger partial charge >= 0.3 is 5.97 Å². The Morgan fingerprint density at radius 3 is 2.26 bits per heavy atom. The van der Waals surface area contributed by atoms with Gasteiger partial charge in [-0.15, -0.1) is 0 Å². The minimum atomic E-state index is -1.13. The van der Waals surface area contributed by atoms with Gasteiger partial charge in [-0.05, 0) is 12.1 Å². The predicted octanol–water partition coefficient (Wildman–Crippen LogP) is 3.95. The van der Waals surface area contributed by atoms with Crippen molar-refractivity contribution in [2.45, 2.75) is 26.2 Å². The molecule has 2 aromatic rings. The molecule has 1 N–H and O–H groups in total. The molecule has 1 aromatic carbocycles. The molecule has 0 saturated heterocycles. The quantitative estimate of drug-likeness (QED) is 0.931. The summed E-state index contributed by atoms with van der Waals surface area (Å²) >= 11 is 0. The minimum absolute atomic E-state index is 0.00750. The lowest BCUT2D eigenvalue weighted by Gasteiger charge is -2.24. The maximum atomic E-state index is 14.3. The van der Waals surface area contributed by atoms with Crippen LogP contribution in [0.15, 0.2) is 30.3 Å². The average Bonchev–Trinajstić information content (AvgIpc) is 2.45. The number of halogens is 1. The van der Waals surface area contributed by atoms with Crippen LogP contribution in [0, 0.1) is 5.82 Å². The van der Waals surface area contributed by atoms with E-state index in [1.54, 1.807) is 43.3 Å². The Hall–Kier alpha value is -2.43. The normalized spacial score (nSPS) is 11.4. The summed E-state index contributed by atoms with van der Waals surface area (Å²) in [5, 5.41) is 9.65. The lowest BCUT2D eigenvalue weighted by molar-refractivity contribution is 0.0698. The first-order chi connectivity index (χ1) is 10.6. The number of pyridine rings is 1. The maximum Gasteiger partial charge on any atom is 0.340 e. The summed E-state index contributed by atoms with van der Waals surface area (Å²) in [5.74, 6) is -1.26. The Labute approximate surface area is 135 Å². The van der Waals surface area contributed by atoms with Crippen LogP contribution >= 0.6 is 0 Å². The third-order valence-corrected chi connectivity index (χ3v) is 3.57. The molecule has 1 heterocycles. The summed E-state index contributed by atoms with van der Waals surface area (Å²) in [4.78, 5) is 17.9. The third-order valence-electron chi connectivity index (χ3n) is 3.57. The molecule has 0 aliphatic heterocycles. The van der Waals surface area contributed by atoms with Crippen LogP contribution in [0.5, 0.6) is 0 Å². The number of carbonyl (C=O) groups is 1. The molecule has 0 amide bonds. The van der Waals surface area contributed by atoms with E-state index in [1.807, 2.05) is 20.8 Å². The molecule has 0 radical (unpaired) electrons. The number of carboxylic acids is 1. The van der Waals surface area contributed by atoms with Crippen molar-refractivity contribution in [1.82, 2.24) is 4.98 Å². The van der Waals surface area contributed by atoms with Gasteiger partial charge in [-0.25, -0.2) is 14.2 Å². The average molecular weight is 316 g/mol. The number of carboxylic acid groups (broad SMARTS) is 1. The first-order valence-corrected chi connectivity index (χ1v) is 7.34. The molecule has 0 bridgehead atoms. The number of hydrogen-bond donors (Lipinski definition) is 1. The highest BCUT2D eigenvalue weighted by molar-refractivity contribution is 6.01. The number of aromatic carboxylic acids is 1. The van der Waals surface area contributed by atoms with E-state index in [2.05, 4.69) is 4.98 Å². The van der Waals surface area contributed by atoms with Crippen molar-refractivity contribution in [3.05, 3.63) is 47.4 Å². The standard InChI is InChI=1S/C18H21FN2O2/c1-18(2,3)14-10-12(11-8-6-7-9-13(11)19)15(17(22)23)16(20-14)21(4)5/h6-10H,1-5H3,(H,22,23). The maximum absolute atomic E-state index is 14.3. The summed E-state index contributed by atoms with van der Waals surface area (Å²) in [6.45, 7) is 5.96. The second-order valence-electron chi connectivity index (χ2n) is 6.68. The first kappa shape index (κ1) is 16.9. The van der Waals surface area contributed by atoms with Crippen molar-refractivity contribution in [3.63, 3.8) is 0 Å². The van der Waals surface area contributed by atoms with E-state index >= 15 is 0 Å². The zero-order valence-corrected chi connectivity index (χ0v) is 14.0. The molecule has 0 aliphatic rings. The first-order valence-electron chi connectivity index (χ1n) is 7.34. The molecule has 23 heavy (non-hydrogen) atoms. The summed E-state index contributed by atoms with van der Waals surface area (Å²) in [7, 11) is 3.46. The Balaban J connectivity index is 2.90. The summed E-state index contributed by atoms with van der Waals surface area (Å²) < 4.78 is 14.3. The Morgan fingerprint density at radius 1 is 1.17 bits per heavy atom. The van der Waals surface area contributed by atoms with Gasteiger partial charge < -0.3 is 10.0 Å². The van der Waals surface area contributed by atoms with E-state index in [4.69, 9.17) is 0 Å². The Kier molecular flexibility index (Phi) is 4.41. The number of anilines is 1. The van der Waals surface area contributed by atoms with Crippen LogP contribution < -0.4 is 4.90 Å². The van der Waals surface area contributed by atoms with Gasteiger partial charge in [-0.2, -0.15) is 0 Å². The topological polar surface area (TPSA) is 53.4 Å². The van der Waals surface area contributed by atoms with E-state index in [-0.39, 0.29) is 16.5 Å². The molecule has 0 fully saturated rings. The Bertz CT molecular complexity index is 749. The van der Waals surface area contributed by atoms with Crippen LogP contribution in [-0.2, 0) is 5.41 Å². The van der Waals surface area contributed by atoms with Crippen LogP contribution in [0.1, 0.15) is 36.8 Å².